The van der Waals surface area contributed by atoms with E-state index in [9.17, 15) is 0 Å². The molecule has 1 aliphatic carbocycles. The van der Waals surface area contributed by atoms with E-state index in [0.717, 1.165) is 52.5 Å². The molecule has 0 aromatic heterocycles. The highest BCUT2D eigenvalue weighted by molar-refractivity contribution is 6.33. The molecule has 0 heterocycles. The van der Waals surface area contributed by atoms with Crippen LogP contribution in [-0.2, 0) is 19.3 Å². The SMILES string of the molecule is CCOc1cc(N(c2ccc(CC)cc2Cl)c2cccc3c2CCCC3)ccc1C=C(c1ccccc1)c1ccccc1. The molecule has 0 saturated heterocycles. The van der Waals surface area contributed by atoms with Crippen LogP contribution in [0.3, 0.4) is 0 Å². The van der Waals surface area contributed by atoms with E-state index in [-0.39, 0.29) is 0 Å². The molecule has 0 radical (unpaired) electrons. The van der Waals surface area contributed by atoms with Crippen molar-refractivity contribution in [2.45, 2.75) is 46.0 Å². The Morgan fingerprint density at radius 1 is 0.744 bits per heavy atom. The van der Waals surface area contributed by atoms with Gasteiger partial charge >= 0.3 is 0 Å². The fourth-order valence-corrected chi connectivity index (χ4v) is 6.40. The predicted octanol–water partition coefficient (Wildman–Crippen LogP) is 11.2. The van der Waals surface area contributed by atoms with Crippen molar-refractivity contribution in [2.75, 3.05) is 11.5 Å². The minimum absolute atomic E-state index is 0.572. The second-order valence-corrected chi connectivity index (χ2v) is 11.4. The Bertz CT molecular complexity index is 1680. The molecule has 6 rings (SSSR count). The highest BCUT2D eigenvalue weighted by Gasteiger charge is 2.23. The van der Waals surface area contributed by atoms with E-state index in [2.05, 4.69) is 133 Å². The van der Waals surface area contributed by atoms with E-state index in [1.807, 2.05) is 6.92 Å². The molecule has 43 heavy (non-hydrogen) atoms. The van der Waals surface area contributed by atoms with Crippen molar-refractivity contribution in [1.82, 2.24) is 0 Å². The highest BCUT2D eigenvalue weighted by Crippen LogP contribution is 2.44. The Balaban J connectivity index is 1.52. The van der Waals surface area contributed by atoms with Crippen LogP contribution >= 0.6 is 11.6 Å². The second-order valence-electron chi connectivity index (χ2n) is 11.0. The second kappa shape index (κ2) is 13.4. The molecule has 0 unspecified atom stereocenters. The minimum Gasteiger partial charge on any atom is -0.493 e. The third-order valence-electron chi connectivity index (χ3n) is 8.30. The first-order valence-corrected chi connectivity index (χ1v) is 15.8. The van der Waals surface area contributed by atoms with E-state index in [0.29, 0.717) is 6.61 Å². The maximum absolute atomic E-state index is 7.04. The van der Waals surface area contributed by atoms with Gasteiger partial charge in [0, 0.05) is 23.0 Å². The van der Waals surface area contributed by atoms with Gasteiger partial charge in [-0.15, -0.1) is 0 Å². The van der Waals surface area contributed by atoms with Crippen molar-refractivity contribution < 1.29 is 4.74 Å². The molecule has 2 nitrogen and oxygen atoms in total. The van der Waals surface area contributed by atoms with Crippen LogP contribution in [-0.4, -0.2) is 6.61 Å². The number of hydrogen-bond acceptors (Lipinski definition) is 2. The highest BCUT2D eigenvalue weighted by atomic mass is 35.5. The van der Waals surface area contributed by atoms with Crippen LogP contribution in [0, 0.1) is 0 Å². The summed E-state index contributed by atoms with van der Waals surface area (Å²) in [6.07, 6.45) is 7.83. The number of anilines is 3. The number of ether oxygens (including phenoxy) is 1. The van der Waals surface area contributed by atoms with Crippen molar-refractivity contribution >= 4 is 40.3 Å². The number of benzene rings is 5. The summed E-state index contributed by atoms with van der Waals surface area (Å²) in [5, 5.41) is 0.755. The topological polar surface area (TPSA) is 12.5 Å². The van der Waals surface area contributed by atoms with Crippen LogP contribution in [0.1, 0.15) is 60.1 Å². The van der Waals surface area contributed by atoms with E-state index < -0.39 is 0 Å². The monoisotopic (exact) mass is 583 g/mol. The van der Waals surface area contributed by atoms with E-state index in [4.69, 9.17) is 16.3 Å². The average molecular weight is 584 g/mol. The molecule has 0 saturated carbocycles. The van der Waals surface area contributed by atoms with Gasteiger partial charge in [-0.3, -0.25) is 0 Å². The lowest BCUT2D eigenvalue weighted by atomic mass is 9.89. The largest absolute Gasteiger partial charge is 0.493 e. The zero-order chi connectivity index (χ0) is 29.6. The van der Waals surface area contributed by atoms with Crippen LogP contribution in [0.2, 0.25) is 5.02 Å². The smallest absolute Gasteiger partial charge is 0.128 e. The summed E-state index contributed by atoms with van der Waals surface area (Å²) < 4.78 is 6.35. The maximum atomic E-state index is 7.04. The summed E-state index contributed by atoms with van der Waals surface area (Å²) in [7, 11) is 0. The summed E-state index contributed by atoms with van der Waals surface area (Å²) in [4.78, 5) is 2.33. The Hall–Kier alpha value is -4.27. The summed E-state index contributed by atoms with van der Waals surface area (Å²) in [5.41, 5.74) is 11.8. The number of halogens is 1. The first-order valence-electron chi connectivity index (χ1n) is 15.4. The number of aryl methyl sites for hydroxylation is 2. The lowest BCUT2D eigenvalue weighted by molar-refractivity contribution is 0.339. The Labute approximate surface area is 261 Å². The molecule has 0 atom stereocenters. The molecule has 0 aliphatic heterocycles. The number of fused-ring (bicyclic) bond motifs is 1. The van der Waals surface area contributed by atoms with Crippen LogP contribution in [0.4, 0.5) is 17.1 Å². The van der Waals surface area contributed by atoms with Gasteiger partial charge in [-0.2, -0.15) is 0 Å². The Morgan fingerprint density at radius 2 is 1.47 bits per heavy atom. The summed E-state index contributed by atoms with van der Waals surface area (Å²) in [5.74, 6) is 0.848. The van der Waals surface area contributed by atoms with Crippen molar-refractivity contribution in [1.29, 1.82) is 0 Å². The standard InChI is InChI=1S/C40H38ClNO/c1-3-29-22-25-39(37(41)26-29)42(38-21-13-19-30-18-11-12-20-35(30)38)34-24-23-33(40(28-34)43-4-2)27-36(31-14-7-5-8-15-31)32-16-9-6-10-17-32/h5-10,13-17,19,21-28H,3-4,11-12,18,20H2,1-2H3. The number of rotatable bonds is 9. The van der Waals surface area contributed by atoms with Crippen LogP contribution in [0.15, 0.2) is 115 Å². The molecular weight excluding hydrogens is 546 g/mol. The number of hydrogen-bond donors (Lipinski definition) is 0. The molecule has 216 valence electrons. The molecule has 0 N–H and O–H groups in total. The van der Waals surface area contributed by atoms with Crippen molar-refractivity contribution in [2.24, 2.45) is 0 Å². The Kier molecular flexibility index (Phi) is 8.96. The average Bonchev–Trinajstić information content (AvgIpc) is 3.06. The van der Waals surface area contributed by atoms with Crippen molar-refractivity contribution in [3.8, 4) is 5.75 Å². The summed E-state index contributed by atoms with van der Waals surface area (Å²) >= 11 is 7.04. The lowest BCUT2D eigenvalue weighted by Gasteiger charge is -2.31. The molecule has 5 aromatic rings. The van der Waals surface area contributed by atoms with Gasteiger partial charge in [-0.1, -0.05) is 97.4 Å². The predicted molar refractivity (Wildman–Crippen MR) is 183 cm³/mol. The molecule has 0 fully saturated rings. The van der Waals surface area contributed by atoms with E-state index in [1.54, 1.807) is 0 Å². The van der Waals surface area contributed by atoms with Gasteiger partial charge < -0.3 is 9.64 Å². The van der Waals surface area contributed by atoms with Gasteiger partial charge in [0.2, 0.25) is 0 Å². The quantitative estimate of drug-likeness (QED) is 0.160. The fourth-order valence-electron chi connectivity index (χ4n) is 6.12. The lowest BCUT2D eigenvalue weighted by Crippen LogP contribution is -2.16. The molecule has 5 aromatic carbocycles. The van der Waals surface area contributed by atoms with Gasteiger partial charge in [0.25, 0.3) is 0 Å². The van der Waals surface area contributed by atoms with Crippen LogP contribution in [0.25, 0.3) is 11.6 Å². The molecule has 0 spiro atoms. The van der Waals surface area contributed by atoms with Crippen LogP contribution in [0.5, 0.6) is 5.75 Å². The van der Waals surface area contributed by atoms with Gasteiger partial charge in [0.15, 0.2) is 0 Å². The number of nitrogens with zero attached hydrogens (tertiary/aromatic N) is 1. The fraction of sp³-hybridized carbons (Fsp3) is 0.200. The first kappa shape index (κ1) is 28.8. The van der Waals surface area contributed by atoms with E-state index >= 15 is 0 Å². The van der Waals surface area contributed by atoms with Crippen molar-refractivity contribution in [3.05, 3.63) is 154 Å². The first-order chi connectivity index (χ1) is 21.2. The van der Waals surface area contributed by atoms with Crippen LogP contribution < -0.4 is 9.64 Å². The molecular formula is C40H38ClNO. The third kappa shape index (κ3) is 6.26. The summed E-state index contributed by atoms with van der Waals surface area (Å²) in [6.45, 7) is 4.78. The van der Waals surface area contributed by atoms with Crippen molar-refractivity contribution in [3.63, 3.8) is 0 Å². The normalized spacial score (nSPS) is 12.3. The minimum atomic E-state index is 0.572. The zero-order valence-corrected chi connectivity index (χ0v) is 25.8. The third-order valence-corrected chi connectivity index (χ3v) is 8.60. The summed E-state index contributed by atoms with van der Waals surface area (Å²) in [6, 6.07) is 40.9. The van der Waals surface area contributed by atoms with Gasteiger partial charge in [0.1, 0.15) is 5.75 Å². The molecule has 0 bridgehead atoms. The maximum Gasteiger partial charge on any atom is 0.128 e. The van der Waals surface area contributed by atoms with E-state index in [1.165, 1.54) is 46.3 Å². The molecule has 1 aliphatic rings. The van der Waals surface area contributed by atoms with Gasteiger partial charge in [-0.25, -0.2) is 0 Å². The van der Waals surface area contributed by atoms with Gasteiger partial charge in [0.05, 0.1) is 17.3 Å². The zero-order valence-electron chi connectivity index (χ0n) is 25.0. The molecule has 3 heteroatoms. The molecule has 0 amide bonds. The Morgan fingerprint density at radius 3 is 2.14 bits per heavy atom. The van der Waals surface area contributed by atoms with Gasteiger partial charge in [-0.05, 0) is 109 Å².